The Labute approximate surface area is 54.0 Å². The van der Waals surface area contributed by atoms with Crippen LogP contribution < -0.4 is 5.32 Å². The van der Waals surface area contributed by atoms with Gasteiger partial charge in [-0.2, -0.15) is 0 Å². The molecule has 0 saturated carbocycles. The van der Waals surface area contributed by atoms with E-state index in [1.54, 1.807) is 0 Å². The standard InChI is InChI=1S/C7H17N.H2/c1-5-8-6-7(2,3)4;/h8H,5-6H2,1-4H3;1H. The predicted molar refractivity (Wildman–Crippen MR) is 40.1 cm³/mol. The minimum Gasteiger partial charge on any atom is -0.316 e. The first kappa shape index (κ1) is 7.96. The van der Waals surface area contributed by atoms with E-state index < -0.39 is 0 Å². The molecule has 8 heavy (non-hydrogen) atoms. The Bertz CT molecular complexity index is 56.4. The second-order valence-electron chi connectivity index (χ2n) is 3.34. The molecule has 52 valence electrons. The number of nitrogens with one attached hydrogen (secondary N) is 1. The van der Waals surface area contributed by atoms with E-state index in [0.717, 1.165) is 13.1 Å². The van der Waals surface area contributed by atoms with E-state index in [0.29, 0.717) is 5.41 Å². The third-order valence-corrected chi connectivity index (χ3v) is 0.905. The monoisotopic (exact) mass is 117 g/mol. The van der Waals surface area contributed by atoms with E-state index in [2.05, 4.69) is 33.0 Å². The lowest BCUT2D eigenvalue weighted by atomic mass is 9.97. The molecule has 0 spiro atoms. The minimum atomic E-state index is 0. The maximum Gasteiger partial charge on any atom is 0 e. The zero-order valence-electron chi connectivity index (χ0n) is 6.41. The molecule has 0 amide bonds. The minimum absolute atomic E-state index is 0. The van der Waals surface area contributed by atoms with Crippen LogP contribution in [-0.2, 0) is 0 Å². The van der Waals surface area contributed by atoms with Gasteiger partial charge in [-0.1, -0.05) is 27.7 Å². The van der Waals surface area contributed by atoms with Gasteiger partial charge in [-0.3, -0.25) is 0 Å². The Morgan fingerprint density at radius 3 is 2.00 bits per heavy atom. The lowest BCUT2D eigenvalue weighted by molar-refractivity contribution is 0.385. The van der Waals surface area contributed by atoms with Crippen LogP contribution >= 0.6 is 0 Å². The Morgan fingerprint density at radius 1 is 1.38 bits per heavy atom. The summed E-state index contributed by atoms with van der Waals surface area (Å²) in [5, 5.41) is 3.29. The van der Waals surface area contributed by atoms with Crippen molar-refractivity contribution >= 4 is 0 Å². The van der Waals surface area contributed by atoms with Crippen molar-refractivity contribution in [2.24, 2.45) is 5.41 Å². The summed E-state index contributed by atoms with van der Waals surface area (Å²) in [5.41, 5.74) is 0.440. The molecule has 0 heterocycles. The topological polar surface area (TPSA) is 12.0 Å². The Hall–Kier alpha value is -0.0400. The molecule has 0 atom stereocenters. The van der Waals surface area contributed by atoms with E-state index in [1.165, 1.54) is 0 Å². The maximum absolute atomic E-state index is 3.29. The van der Waals surface area contributed by atoms with Gasteiger partial charge in [0.25, 0.3) is 0 Å². The molecular weight excluding hydrogens is 98.1 g/mol. The van der Waals surface area contributed by atoms with Gasteiger partial charge in [0, 0.05) is 1.43 Å². The highest BCUT2D eigenvalue weighted by molar-refractivity contribution is 4.63. The largest absolute Gasteiger partial charge is 0.316 e. The third kappa shape index (κ3) is 5.96. The molecule has 0 aliphatic rings. The Morgan fingerprint density at radius 2 is 1.88 bits per heavy atom. The highest BCUT2D eigenvalue weighted by Crippen LogP contribution is 2.09. The van der Waals surface area contributed by atoms with E-state index >= 15 is 0 Å². The normalized spacial score (nSPS) is 12.0. The second-order valence-corrected chi connectivity index (χ2v) is 3.34. The number of rotatable bonds is 2. The van der Waals surface area contributed by atoms with Gasteiger partial charge in [0.15, 0.2) is 0 Å². The molecule has 0 aliphatic carbocycles. The third-order valence-electron chi connectivity index (χ3n) is 0.905. The van der Waals surface area contributed by atoms with Gasteiger partial charge < -0.3 is 5.32 Å². The summed E-state index contributed by atoms with van der Waals surface area (Å²) >= 11 is 0. The molecule has 0 fully saturated rings. The van der Waals surface area contributed by atoms with Crippen LogP contribution in [0.25, 0.3) is 0 Å². The first-order valence-electron chi connectivity index (χ1n) is 3.27. The molecular formula is C7H19N. The van der Waals surface area contributed by atoms with Gasteiger partial charge >= 0.3 is 0 Å². The maximum atomic E-state index is 3.29. The SMILES string of the molecule is CCNCC(C)(C)C.[HH]. The molecule has 0 aromatic heterocycles. The fourth-order valence-electron chi connectivity index (χ4n) is 0.500. The van der Waals surface area contributed by atoms with Crippen molar-refractivity contribution in [2.75, 3.05) is 13.1 Å². The number of hydrogen-bond donors (Lipinski definition) is 1. The van der Waals surface area contributed by atoms with Crippen LogP contribution in [0.5, 0.6) is 0 Å². The summed E-state index contributed by atoms with van der Waals surface area (Å²) in [4.78, 5) is 0. The average molecular weight is 117 g/mol. The molecule has 0 aromatic carbocycles. The first-order chi connectivity index (χ1) is 3.56. The van der Waals surface area contributed by atoms with Crippen molar-refractivity contribution in [3.63, 3.8) is 0 Å². The van der Waals surface area contributed by atoms with Crippen LogP contribution in [0.3, 0.4) is 0 Å². The van der Waals surface area contributed by atoms with Crippen molar-refractivity contribution in [3.05, 3.63) is 0 Å². The predicted octanol–water partition coefficient (Wildman–Crippen LogP) is 1.89. The molecule has 0 unspecified atom stereocenters. The van der Waals surface area contributed by atoms with Crippen molar-refractivity contribution in [1.29, 1.82) is 0 Å². The van der Waals surface area contributed by atoms with Gasteiger partial charge in [0.2, 0.25) is 0 Å². The highest BCUT2D eigenvalue weighted by Gasteiger charge is 2.06. The van der Waals surface area contributed by atoms with Crippen LogP contribution in [0.4, 0.5) is 0 Å². The van der Waals surface area contributed by atoms with Crippen LogP contribution in [0, 0.1) is 5.41 Å². The molecule has 1 heteroatoms. The molecule has 0 saturated heterocycles. The summed E-state index contributed by atoms with van der Waals surface area (Å²) in [6.07, 6.45) is 0. The van der Waals surface area contributed by atoms with Gasteiger partial charge in [0.1, 0.15) is 0 Å². The van der Waals surface area contributed by atoms with E-state index in [-0.39, 0.29) is 1.43 Å². The zero-order chi connectivity index (χ0) is 6.62. The second kappa shape index (κ2) is 3.08. The summed E-state index contributed by atoms with van der Waals surface area (Å²) in [6, 6.07) is 0. The quantitative estimate of drug-likeness (QED) is 0.582. The van der Waals surface area contributed by atoms with Gasteiger partial charge in [-0.05, 0) is 18.5 Å². The molecule has 1 nitrogen and oxygen atoms in total. The van der Waals surface area contributed by atoms with Crippen LogP contribution in [0.2, 0.25) is 0 Å². The molecule has 0 bridgehead atoms. The molecule has 0 aliphatic heterocycles. The van der Waals surface area contributed by atoms with Crippen LogP contribution in [0.1, 0.15) is 29.1 Å². The molecule has 1 N–H and O–H groups in total. The highest BCUT2D eigenvalue weighted by atomic mass is 14.9. The summed E-state index contributed by atoms with van der Waals surface area (Å²) in [5.74, 6) is 0. The zero-order valence-corrected chi connectivity index (χ0v) is 6.41. The Kier molecular flexibility index (Phi) is 3.06. The van der Waals surface area contributed by atoms with Crippen molar-refractivity contribution in [1.82, 2.24) is 5.32 Å². The van der Waals surface area contributed by atoms with Gasteiger partial charge in [0.05, 0.1) is 0 Å². The smallest absolute Gasteiger partial charge is 0 e. The van der Waals surface area contributed by atoms with Crippen LogP contribution in [-0.4, -0.2) is 13.1 Å². The van der Waals surface area contributed by atoms with E-state index in [1.807, 2.05) is 0 Å². The number of hydrogen-bond acceptors (Lipinski definition) is 1. The van der Waals surface area contributed by atoms with Crippen molar-refractivity contribution in [3.8, 4) is 0 Å². The van der Waals surface area contributed by atoms with Gasteiger partial charge in [-0.25, -0.2) is 0 Å². The first-order valence-corrected chi connectivity index (χ1v) is 3.27. The van der Waals surface area contributed by atoms with E-state index in [4.69, 9.17) is 0 Å². The fraction of sp³-hybridized carbons (Fsp3) is 1.00. The van der Waals surface area contributed by atoms with Gasteiger partial charge in [-0.15, -0.1) is 0 Å². The lowest BCUT2D eigenvalue weighted by Gasteiger charge is -2.17. The average Bonchev–Trinajstić information content (AvgIpc) is 1.59. The van der Waals surface area contributed by atoms with Crippen LogP contribution in [0.15, 0.2) is 0 Å². The van der Waals surface area contributed by atoms with Crippen molar-refractivity contribution in [2.45, 2.75) is 27.7 Å². The molecule has 0 aromatic rings. The Balaban J connectivity index is 0. The summed E-state index contributed by atoms with van der Waals surface area (Å²) in [6.45, 7) is 11.0. The lowest BCUT2D eigenvalue weighted by Crippen LogP contribution is -2.26. The summed E-state index contributed by atoms with van der Waals surface area (Å²) in [7, 11) is 0. The van der Waals surface area contributed by atoms with Crippen molar-refractivity contribution < 1.29 is 1.43 Å². The fourth-order valence-corrected chi connectivity index (χ4v) is 0.500. The summed E-state index contributed by atoms with van der Waals surface area (Å²) < 4.78 is 0. The van der Waals surface area contributed by atoms with E-state index in [9.17, 15) is 0 Å². The molecule has 0 rings (SSSR count). The molecule has 0 radical (unpaired) electrons.